The quantitative estimate of drug-likeness (QED) is 0.143. The van der Waals surface area contributed by atoms with Crippen molar-refractivity contribution < 1.29 is 18.8 Å². The van der Waals surface area contributed by atoms with Crippen LogP contribution in [0, 0.1) is 0 Å². The maximum Gasteiger partial charge on any atom is 0.364 e. The van der Waals surface area contributed by atoms with Gasteiger partial charge in [-0.25, -0.2) is 9.18 Å². The fourth-order valence-corrected chi connectivity index (χ4v) is 4.40. The molecule has 0 amide bonds. The summed E-state index contributed by atoms with van der Waals surface area (Å²) in [5.41, 5.74) is 1.81. The van der Waals surface area contributed by atoms with Gasteiger partial charge in [-0.1, -0.05) is 96.2 Å². The molecular formula is C26H23FN4O3S. The number of aromatic nitrogens is 2. The zero-order chi connectivity index (χ0) is 24.5. The molecule has 1 heterocycles. The van der Waals surface area contributed by atoms with E-state index < -0.39 is 18.4 Å². The van der Waals surface area contributed by atoms with Crippen LogP contribution in [-0.4, -0.2) is 34.5 Å². The molecule has 1 aromatic heterocycles. The van der Waals surface area contributed by atoms with E-state index in [0.29, 0.717) is 5.13 Å². The fraction of sp³-hybridized carbons (Fsp3) is 0.154. The standard InChI is InChI=1S/C26H23FN4O3S/c1-2-33-24(32)22(30-34-18-27)23-28-25(35-31-23)29-26(19-12-6-3-7-13-19,20-14-8-4-9-15-20)21-16-10-5-11-17-21/h3-17H,2,18H2,1H3,(H,28,29,31)/b30-22-. The summed E-state index contributed by atoms with van der Waals surface area (Å²) in [6.07, 6.45) is 0. The highest BCUT2D eigenvalue weighted by Gasteiger charge is 2.37. The van der Waals surface area contributed by atoms with Crippen molar-refractivity contribution in [3.8, 4) is 0 Å². The molecule has 178 valence electrons. The molecule has 9 heteroatoms. The Morgan fingerprint density at radius 1 is 0.943 bits per heavy atom. The number of esters is 1. The number of ether oxygens (including phenoxy) is 1. The van der Waals surface area contributed by atoms with E-state index in [-0.39, 0.29) is 18.1 Å². The number of benzene rings is 3. The predicted molar refractivity (Wildman–Crippen MR) is 133 cm³/mol. The number of carbonyl (C=O) groups excluding carboxylic acids is 1. The Hall–Kier alpha value is -4.11. The SMILES string of the molecule is CCOC(=O)/C(=N\OCF)c1nsc(NC(c2ccccc2)(c2ccccc2)c2ccccc2)n1. The maximum absolute atomic E-state index is 12.6. The van der Waals surface area contributed by atoms with E-state index in [2.05, 4.69) is 24.7 Å². The highest BCUT2D eigenvalue weighted by molar-refractivity contribution is 7.09. The molecule has 0 unspecified atom stereocenters. The molecule has 35 heavy (non-hydrogen) atoms. The van der Waals surface area contributed by atoms with Gasteiger partial charge in [-0.2, -0.15) is 9.36 Å². The summed E-state index contributed by atoms with van der Waals surface area (Å²) in [5.74, 6) is -0.821. The molecule has 0 fully saturated rings. The van der Waals surface area contributed by atoms with Crippen molar-refractivity contribution >= 4 is 28.3 Å². The number of carbonyl (C=O) groups is 1. The lowest BCUT2D eigenvalue weighted by atomic mass is 9.77. The van der Waals surface area contributed by atoms with Crippen molar-refractivity contribution in [1.82, 2.24) is 9.36 Å². The Labute approximate surface area is 206 Å². The first-order valence-corrected chi connectivity index (χ1v) is 11.7. The molecule has 0 atom stereocenters. The number of anilines is 1. The lowest BCUT2D eigenvalue weighted by Crippen LogP contribution is -2.38. The van der Waals surface area contributed by atoms with Crippen LogP contribution in [0.4, 0.5) is 9.52 Å². The minimum atomic E-state index is -1.20. The maximum atomic E-state index is 12.6. The van der Waals surface area contributed by atoms with Gasteiger partial charge in [0, 0.05) is 11.5 Å². The summed E-state index contributed by atoms with van der Waals surface area (Å²) < 4.78 is 21.9. The van der Waals surface area contributed by atoms with Gasteiger partial charge in [0.25, 0.3) is 6.86 Å². The molecule has 7 nitrogen and oxygen atoms in total. The lowest BCUT2D eigenvalue weighted by Gasteiger charge is -2.36. The average molecular weight is 491 g/mol. The van der Waals surface area contributed by atoms with E-state index in [1.165, 1.54) is 0 Å². The van der Waals surface area contributed by atoms with Crippen molar-refractivity contribution in [2.75, 3.05) is 18.8 Å². The minimum absolute atomic E-state index is 0.0208. The van der Waals surface area contributed by atoms with Crippen LogP contribution in [0.1, 0.15) is 29.4 Å². The highest BCUT2D eigenvalue weighted by atomic mass is 32.1. The van der Waals surface area contributed by atoms with E-state index in [1.54, 1.807) is 6.92 Å². The van der Waals surface area contributed by atoms with E-state index in [9.17, 15) is 9.18 Å². The van der Waals surface area contributed by atoms with E-state index >= 15 is 0 Å². The number of nitrogens with one attached hydrogen (secondary N) is 1. The summed E-state index contributed by atoms with van der Waals surface area (Å²) in [7, 11) is 0. The summed E-state index contributed by atoms with van der Waals surface area (Å²) >= 11 is 1.05. The molecule has 1 N–H and O–H groups in total. The van der Waals surface area contributed by atoms with E-state index in [1.807, 2.05) is 91.0 Å². The Morgan fingerprint density at radius 3 is 1.91 bits per heavy atom. The number of nitrogens with zero attached hydrogens (tertiary/aromatic N) is 3. The number of hydrogen-bond acceptors (Lipinski definition) is 8. The molecule has 0 saturated carbocycles. The third-order valence-corrected chi connectivity index (χ3v) is 5.86. The van der Waals surface area contributed by atoms with Crippen molar-refractivity contribution in [1.29, 1.82) is 0 Å². The smallest absolute Gasteiger partial charge is 0.364 e. The van der Waals surface area contributed by atoms with Crippen LogP contribution in [0.25, 0.3) is 0 Å². The Morgan fingerprint density at radius 2 is 1.46 bits per heavy atom. The average Bonchev–Trinajstić information content (AvgIpc) is 3.37. The highest BCUT2D eigenvalue weighted by Crippen LogP contribution is 2.40. The Bertz CT molecular complexity index is 1170. The second-order valence-corrected chi connectivity index (χ2v) is 8.05. The topological polar surface area (TPSA) is 85.7 Å². The molecule has 3 aromatic carbocycles. The van der Waals surface area contributed by atoms with E-state index in [0.717, 1.165) is 28.2 Å². The normalized spacial score (nSPS) is 11.7. The van der Waals surface area contributed by atoms with E-state index in [4.69, 9.17) is 4.74 Å². The number of oxime groups is 1. The number of halogens is 1. The monoisotopic (exact) mass is 490 g/mol. The number of alkyl halides is 1. The summed E-state index contributed by atoms with van der Waals surface area (Å²) in [5, 5.41) is 7.53. The van der Waals surface area contributed by atoms with Crippen LogP contribution in [0.15, 0.2) is 96.2 Å². The first kappa shape index (κ1) is 24.0. The van der Waals surface area contributed by atoms with Crippen LogP contribution in [0.5, 0.6) is 0 Å². The summed E-state index contributed by atoms with van der Waals surface area (Å²) in [6, 6.07) is 30.0. The van der Waals surface area contributed by atoms with Crippen LogP contribution in [-0.2, 0) is 19.9 Å². The van der Waals surface area contributed by atoms with Gasteiger partial charge in [0.1, 0.15) is 5.54 Å². The van der Waals surface area contributed by atoms with Crippen molar-refractivity contribution in [2.45, 2.75) is 12.5 Å². The minimum Gasteiger partial charge on any atom is -0.461 e. The molecule has 4 rings (SSSR count). The van der Waals surface area contributed by atoms with Crippen molar-refractivity contribution in [3.63, 3.8) is 0 Å². The molecule has 4 aromatic rings. The molecule has 0 bridgehead atoms. The zero-order valence-electron chi connectivity index (χ0n) is 18.9. The van der Waals surface area contributed by atoms with Crippen molar-refractivity contribution in [3.05, 3.63) is 114 Å². The molecule has 0 radical (unpaired) electrons. The first-order valence-electron chi connectivity index (χ1n) is 10.9. The fourth-order valence-electron chi connectivity index (χ4n) is 3.77. The second kappa shape index (κ2) is 11.3. The molecule has 0 saturated heterocycles. The molecule has 0 spiro atoms. The lowest BCUT2D eigenvalue weighted by molar-refractivity contribution is -0.135. The Kier molecular flexibility index (Phi) is 7.79. The third kappa shape index (κ3) is 5.20. The van der Waals surface area contributed by atoms with Gasteiger partial charge in [-0.15, -0.1) is 0 Å². The summed E-state index contributed by atoms with van der Waals surface area (Å²) in [6.45, 7) is 0.570. The third-order valence-electron chi connectivity index (χ3n) is 5.23. The number of rotatable bonds is 10. The second-order valence-electron chi connectivity index (χ2n) is 7.29. The number of hydrogen-bond donors (Lipinski definition) is 1. The first-order chi connectivity index (χ1) is 17.2. The molecule has 0 aliphatic heterocycles. The van der Waals surface area contributed by atoms with Crippen LogP contribution in [0.2, 0.25) is 0 Å². The predicted octanol–water partition coefficient (Wildman–Crippen LogP) is 5.15. The molecule has 0 aliphatic carbocycles. The van der Waals surface area contributed by atoms with Gasteiger partial charge < -0.3 is 14.9 Å². The van der Waals surface area contributed by atoms with Crippen molar-refractivity contribution in [2.24, 2.45) is 5.16 Å². The van der Waals surface area contributed by atoms with Gasteiger partial charge in [0.15, 0.2) is 0 Å². The summed E-state index contributed by atoms with van der Waals surface area (Å²) in [4.78, 5) is 21.3. The molecular weight excluding hydrogens is 467 g/mol. The van der Waals surface area contributed by atoms with Gasteiger partial charge in [0.2, 0.25) is 16.7 Å². The van der Waals surface area contributed by atoms with Crippen LogP contribution in [0.3, 0.4) is 0 Å². The zero-order valence-corrected chi connectivity index (χ0v) is 19.7. The van der Waals surface area contributed by atoms with Gasteiger partial charge in [-0.3, -0.25) is 0 Å². The van der Waals surface area contributed by atoms with Gasteiger partial charge in [0.05, 0.1) is 6.61 Å². The van der Waals surface area contributed by atoms with Crippen LogP contribution < -0.4 is 5.32 Å². The van der Waals surface area contributed by atoms with Crippen LogP contribution >= 0.6 is 11.5 Å². The largest absolute Gasteiger partial charge is 0.461 e. The Balaban J connectivity index is 1.84. The van der Waals surface area contributed by atoms with Gasteiger partial charge in [-0.05, 0) is 23.6 Å². The van der Waals surface area contributed by atoms with Gasteiger partial charge >= 0.3 is 5.97 Å². The molecule has 0 aliphatic rings.